The zero-order chi connectivity index (χ0) is 9.19. The standard InChI is InChI=1S/C8H10F2O2/c9-5-7(12)8(10)4-2-1-3-6(8)11/h1-5H2. The highest BCUT2D eigenvalue weighted by atomic mass is 19.1. The number of halogens is 2. The second kappa shape index (κ2) is 3.29. The number of ketones is 2. The van der Waals surface area contributed by atoms with Crippen molar-refractivity contribution in [1.29, 1.82) is 0 Å². The van der Waals surface area contributed by atoms with Crippen LogP contribution in [-0.2, 0) is 9.59 Å². The first-order valence-electron chi connectivity index (χ1n) is 3.93. The molecule has 1 rings (SSSR count). The molecule has 0 aromatic carbocycles. The van der Waals surface area contributed by atoms with Gasteiger partial charge in [0.2, 0.25) is 11.5 Å². The second-order valence-electron chi connectivity index (χ2n) is 2.99. The van der Waals surface area contributed by atoms with Crippen molar-refractivity contribution in [2.45, 2.75) is 31.4 Å². The lowest BCUT2D eigenvalue weighted by Crippen LogP contribution is -2.45. The molecule has 0 aromatic heterocycles. The first-order valence-corrected chi connectivity index (χ1v) is 3.93. The van der Waals surface area contributed by atoms with E-state index in [0.717, 1.165) is 0 Å². The molecule has 1 atom stereocenters. The number of carbonyl (C=O) groups excluding carboxylic acids is 2. The largest absolute Gasteiger partial charge is 0.296 e. The summed E-state index contributed by atoms with van der Waals surface area (Å²) < 4.78 is 25.3. The molecular weight excluding hydrogens is 166 g/mol. The van der Waals surface area contributed by atoms with Crippen LogP contribution in [0, 0.1) is 0 Å². The number of rotatable bonds is 2. The third-order valence-electron chi connectivity index (χ3n) is 2.18. The van der Waals surface area contributed by atoms with Gasteiger partial charge in [-0.3, -0.25) is 9.59 Å². The van der Waals surface area contributed by atoms with Gasteiger partial charge in [0.1, 0.15) is 0 Å². The first-order chi connectivity index (χ1) is 5.61. The lowest BCUT2D eigenvalue weighted by Gasteiger charge is -2.25. The number of alkyl halides is 2. The Morgan fingerprint density at radius 3 is 2.67 bits per heavy atom. The van der Waals surface area contributed by atoms with Crippen LogP contribution in [0.5, 0.6) is 0 Å². The Morgan fingerprint density at radius 2 is 2.17 bits per heavy atom. The van der Waals surface area contributed by atoms with Crippen LogP contribution in [0.3, 0.4) is 0 Å². The van der Waals surface area contributed by atoms with E-state index < -0.39 is 23.9 Å². The van der Waals surface area contributed by atoms with Gasteiger partial charge in [0.05, 0.1) is 0 Å². The predicted octanol–water partition coefficient (Wildman–Crippen LogP) is 1.38. The van der Waals surface area contributed by atoms with E-state index in [-0.39, 0.29) is 12.8 Å². The number of hydrogen-bond donors (Lipinski definition) is 0. The molecule has 0 radical (unpaired) electrons. The second-order valence-corrected chi connectivity index (χ2v) is 2.99. The Balaban J connectivity index is 2.79. The fourth-order valence-corrected chi connectivity index (χ4v) is 1.39. The summed E-state index contributed by atoms with van der Waals surface area (Å²) in [5, 5.41) is 0. The molecule has 68 valence electrons. The van der Waals surface area contributed by atoms with Crippen LogP contribution in [0.25, 0.3) is 0 Å². The molecule has 0 amide bonds. The minimum atomic E-state index is -2.51. The summed E-state index contributed by atoms with van der Waals surface area (Å²) in [4.78, 5) is 21.7. The van der Waals surface area contributed by atoms with Crippen molar-refractivity contribution in [1.82, 2.24) is 0 Å². The van der Waals surface area contributed by atoms with E-state index in [9.17, 15) is 18.4 Å². The Hall–Kier alpha value is -0.800. The molecule has 0 bridgehead atoms. The molecule has 0 spiro atoms. The molecule has 1 aliphatic rings. The van der Waals surface area contributed by atoms with Crippen molar-refractivity contribution in [3.63, 3.8) is 0 Å². The minimum absolute atomic E-state index is 0.0578. The number of carbonyl (C=O) groups is 2. The molecule has 0 N–H and O–H groups in total. The van der Waals surface area contributed by atoms with E-state index >= 15 is 0 Å². The summed E-state index contributed by atoms with van der Waals surface area (Å²) in [6.45, 7) is -1.39. The Kier molecular flexibility index (Phi) is 2.55. The van der Waals surface area contributed by atoms with Crippen LogP contribution in [0.2, 0.25) is 0 Å². The molecule has 0 aromatic rings. The molecule has 2 nitrogen and oxygen atoms in total. The summed E-state index contributed by atoms with van der Waals surface area (Å²) in [6.07, 6.45) is 0.995. The Labute approximate surface area is 68.9 Å². The Bertz CT molecular complexity index is 205. The molecule has 0 saturated heterocycles. The average molecular weight is 176 g/mol. The number of hydrogen-bond acceptors (Lipinski definition) is 2. The van der Waals surface area contributed by atoms with Crippen LogP contribution >= 0.6 is 0 Å². The summed E-state index contributed by atoms with van der Waals surface area (Å²) >= 11 is 0. The highest BCUT2D eigenvalue weighted by Gasteiger charge is 2.46. The maximum absolute atomic E-state index is 13.4. The van der Waals surface area contributed by atoms with Gasteiger partial charge in [0.15, 0.2) is 12.5 Å². The van der Waals surface area contributed by atoms with Gasteiger partial charge in [0, 0.05) is 6.42 Å². The number of Topliss-reactive ketones (excluding diaryl/α,β-unsaturated/α-hetero) is 2. The average Bonchev–Trinajstić information content (AvgIpc) is 2.09. The molecular formula is C8H10F2O2. The smallest absolute Gasteiger partial charge is 0.228 e. The normalized spacial score (nSPS) is 30.3. The van der Waals surface area contributed by atoms with Gasteiger partial charge in [-0.1, -0.05) is 0 Å². The molecule has 4 heteroatoms. The molecule has 1 fully saturated rings. The van der Waals surface area contributed by atoms with E-state index in [1.807, 2.05) is 0 Å². The highest BCUT2D eigenvalue weighted by molar-refractivity contribution is 6.11. The van der Waals surface area contributed by atoms with Gasteiger partial charge in [-0.05, 0) is 19.3 Å². The van der Waals surface area contributed by atoms with Gasteiger partial charge < -0.3 is 0 Å². The fourth-order valence-electron chi connectivity index (χ4n) is 1.39. The maximum atomic E-state index is 13.4. The monoisotopic (exact) mass is 176 g/mol. The van der Waals surface area contributed by atoms with Crippen LogP contribution in [0.1, 0.15) is 25.7 Å². The van der Waals surface area contributed by atoms with Crippen LogP contribution < -0.4 is 0 Å². The third kappa shape index (κ3) is 1.38. The SMILES string of the molecule is O=C(CF)C1(F)CCCCC1=O. The Morgan fingerprint density at radius 1 is 1.50 bits per heavy atom. The van der Waals surface area contributed by atoms with Gasteiger partial charge >= 0.3 is 0 Å². The predicted molar refractivity (Wildman–Crippen MR) is 38.3 cm³/mol. The lowest BCUT2D eigenvalue weighted by molar-refractivity contribution is -0.146. The summed E-state index contributed by atoms with van der Waals surface area (Å²) in [5.41, 5.74) is -2.51. The third-order valence-corrected chi connectivity index (χ3v) is 2.18. The van der Waals surface area contributed by atoms with Crippen molar-refractivity contribution in [3.8, 4) is 0 Å². The van der Waals surface area contributed by atoms with Gasteiger partial charge in [-0.25, -0.2) is 8.78 Å². The molecule has 1 saturated carbocycles. The van der Waals surface area contributed by atoms with Crippen LogP contribution in [0.15, 0.2) is 0 Å². The van der Waals surface area contributed by atoms with E-state index in [1.165, 1.54) is 0 Å². The van der Waals surface area contributed by atoms with Gasteiger partial charge in [-0.2, -0.15) is 0 Å². The quantitative estimate of drug-likeness (QED) is 0.595. The molecule has 0 aliphatic heterocycles. The first kappa shape index (κ1) is 9.29. The highest BCUT2D eigenvalue weighted by Crippen LogP contribution is 2.29. The van der Waals surface area contributed by atoms with E-state index in [4.69, 9.17) is 0 Å². The molecule has 1 aliphatic carbocycles. The van der Waals surface area contributed by atoms with Crippen molar-refractivity contribution in [3.05, 3.63) is 0 Å². The zero-order valence-electron chi connectivity index (χ0n) is 6.61. The van der Waals surface area contributed by atoms with Crippen molar-refractivity contribution >= 4 is 11.6 Å². The molecule has 1 unspecified atom stereocenters. The summed E-state index contributed by atoms with van der Waals surface area (Å²) in [5.74, 6) is -1.97. The fraction of sp³-hybridized carbons (Fsp3) is 0.750. The van der Waals surface area contributed by atoms with Gasteiger partial charge in [-0.15, -0.1) is 0 Å². The van der Waals surface area contributed by atoms with Crippen molar-refractivity contribution in [2.75, 3.05) is 6.67 Å². The van der Waals surface area contributed by atoms with Crippen LogP contribution in [0.4, 0.5) is 8.78 Å². The van der Waals surface area contributed by atoms with Gasteiger partial charge in [0.25, 0.3) is 0 Å². The van der Waals surface area contributed by atoms with E-state index in [0.29, 0.717) is 12.8 Å². The lowest BCUT2D eigenvalue weighted by atomic mass is 9.82. The van der Waals surface area contributed by atoms with Crippen molar-refractivity contribution in [2.24, 2.45) is 0 Å². The van der Waals surface area contributed by atoms with E-state index in [1.54, 1.807) is 0 Å². The molecule has 12 heavy (non-hydrogen) atoms. The van der Waals surface area contributed by atoms with E-state index in [2.05, 4.69) is 0 Å². The summed E-state index contributed by atoms with van der Waals surface area (Å²) in [6, 6.07) is 0. The topological polar surface area (TPSA) is 34.1 Å². The zero-order valence-corrected chi connectivity index (χ0v) is 6.61. The van der Waals surface area contributed by atoms with Crippen LogP contribution in [-0.4, -0.2) is 23.9 Å². The maximum Gasteiger partial charge on any atom is 0.228 e. The molecule has 0 heterocycles. The minimum Gasteiger partial charge on any atom is -0.296 e. The summed E-state index contributed by atoms with van der Waals surface area (Å²) in [7, 11) is 0. The van der Waals surface area contributed by atoms with Crippen molar-refractivity contribution < 1.29 is 18.4 Å².